The summed E-state index contributed by atoms with van der Waals surface area (Å²) in [6.45, 7) is 15.5. The lowest BCUT2D eigenvalue weighted by Gasteiger charge is -2.34. The molecule has 2 aromatic carbocycles. The average Bonchev–Trinajstić information content (AvgIpc) is 3.37. The van der Waals surface area contributed by atoms with Gasteiger partial charge in [-0.1, -0.05) is 71.9 Å². The van der Waals surface area contributed by atoms with E-state index in [2.05, 4.69) is 6.58 Å². The number of rotatable bonds is 7. The number of nitro groups is 1. The molecule has 1 fully saturated rings. The van der Waals surface area contributed by atoms with Crippen LogP contribution in [-0.4, -0.2) is 19.4 Å². The number of nitrogens with zero attached hydrogens (tertiary/aromatic N) is 4. The number of anilines is 1. The predicted molar refractivity (Wildman–Crippen MR) is 149 cm³/mol. The molecule has 0 radical (unpaired) electrons. The Morgan fingerprint density at radius 3 is 2.03 bits per heavy atom. The summed E-state index contributed by atoms with van der Waals surface area (Å²) in [6.07, 6.45) is 1.19. The first-order valence-corrected chi connectivity index (χ1v) is 14.6. The van der Waals surface area contributed by atoms with E-state index in [0.29, 0.717) is 11.1 Å². The Morgan fingerprint density at radius 2 is 1.59 bits per heavy atom. The van der Waals surface area contributed by atoms with Crippen LogP contribution in [0.4, 0.5) is 5.69 Å². The predicted octanol–water partition coefficient (Wildman–Crippen LogP) is 6.35. The van der Waals surface area contributed by atoms with E-state index in [1.54, 1.807) is 12.1 Å². The number of fused-ring (bicyclic) bond motifs is 3. The molecule has 1 heterocycles. The van der Waals surface area contributed by atoms with Crippen molar-refractivity contribution in [1.82, 2.24) is 0 Å². The summed E-state index contributed by atoms with van der Waals surface area (Å²) in [4.78, 5) is 12.6. The topological polar surface area (TPSA) is 128 Å². The Hall–Kier alpha value is -3.69. The lowest BCUT2D eigenvalue weighted by atomic mass is 9.78. The number of hydrogen-bond acceptors (Lipinski definition) is 6. The van der Waals surface area contributed by atoms with E-state index in [0.717, 1.165) is 9.87 Å². The molecule has 0 unspecified atom stereocenters. The Morgan fingerprint density at radius 1 is 1.05 bits per heavy atom. The van der Waals surface area contributed by atoms with E-state index in [9.17, 15) is 20.6 Å². The van der Waals surface area contributed by atoms with Gasteiger partial charge in [0.2, 0.25) is 0 Å². The molecule has 8 nitrogen and oxygen atoms in total. The van der Waals surface area contributed by atoms with Crippen molar-refractivity contribution in [2.75, 3.05) is 4.31 Å². The van der Waals surface area contributed by atoms with Gasteiger partial charge in [0.25, 0.3) is 15.6 Å². The molecule has 0 N–H and O–H groups in total. The van der Waals surface area contributed by atoms with Crippen LogP contribution in [0, 0.1) is 44.1 Å². The first-order chi connectivity index (χ1) is 18.3. The second-order valence-electron chi connectivity index (χ2n) is 11.5. The fraction of sp³-hybridized carbons (Fsp3) is 0.467. The Labute approximate surface area is 230 Å². The highest BCUT2D eigenvalue weighted by atomic mass is 32.2. The molecule has 0 bridgehead atoms. The molecule has 0 spiro atoms. The first-order valence-electron chi connectivity index (χ1n) is 13.2. The molecule has 39 heavy (non-hydrogen) atoms. The second kappa shape index (κ2) is 9.50. The summed E-state index contributed by atoms with van der Waals surface area (Å²) >= 11 is 0. The highest BCUT2D eigenvalue weighted by Gasteiger charge is 2.78. The molecule has 1 aliphatic heterocycles. The van der Waals surface area contributed by atoms with Gasteiger partial charge >= 0.3 is 0 Å². The summed E-state index contributed by atoms with van der Waals surface area (Å²) in [7, 11) is -4.50. The van der Waals surface area contributed by atoms with Gasteiger partial charge in [-0.15, -0.1) is 6.58 Å². The average molecular weight is 547 g/mol. The van der Waals surface area contributed by atoms with E-state index in [1.807, 2.05) is 65.8 Å². The van der Waals surface area contributed by atoms with Crippen molar-refractivity contribution in [3.8, 4) is 12.1 Å². The molecule has 2 aromatic rings. The summed E-state index contributed by atoms with van der Waals surface area (Å²) in [5, 5.41) is 33.7. The highest BCUT2D eigenvalue weighted by Crippen LogP contribution is 2.64. The quantitative estimate of drug-likeness (QED) is 0.226. The third kappa shape index (κ3) is 3.71. The molecule has 1 aliphatic carbocycles. The second-order valence-corrected chi connectivity index (χ2v) is 13.3. The lowest BCUT2D eigenvalue weighted by Crippen LogP contribution is -2.55. The van der Waals surface area contributed by atoms with E-state index in [1.165, 1.54) is 18.2 Å². The largest absolute Gasteiger partial charge is 0.279 e. The summed E-state index contributed by atoms with van der Waals surface area (Å²) in [6, 6.07) is 12.6. The monoisotopic (exact) mass is 546 g/mol. The van der Waals surface area contributed by atoms with Gasteiger partial charge in [0, 0.05) is 4.92 Å². The van der Waals surface area contributed by atoms with Crippen LogP contribution >= 0.6 is 0 Å². The van der Waals surface area contributed by atoms with Crippen LogP contribution in [0.1, 0.15) is 88.0 Å². The molecule has 4 rings (SSSR count). The molecular weight excluding hydrogens is 512 g/mol. The van der Waals surface area contributed by atoms with Crippen molar-refractivity contribution in [2.45, 2.75) is 82.2 Å². The molecule has 3 atom stereocenters. The number of benzene rings is 2. The summed E-state index contributed by atoms with van der Waals surface area (Å²) < 4.78 is 31.1. The first kappa shape index (κ1) is 28.3. The minimum absolute atomic E-state index is 0.0951. The number of hydrogen-bond donors (Lipinski definition) is 0. The van der Waals surface area contributed by atoms with Crippen molar-refractivity contribution >= 4 is 15.7 Å². The zero-order valence-electron chi connectivity index (χ0n) is 23.2. The zero-order chi connectivity index (χ0) is 29.1. The zero-order valence-corrected chi connectivity index (χ0v) is 24.0. The number of sulfonamides is 1. The van der Waals surface area contributed by atoms with Crippen LogP contribution in [0.5, 0.6) is 0 Å². The maximum Gasteiger partial charge on any atom is 0.279 e. The fourth-order valence-electron chi connectivity index (χ4n) is 6.45. The molecule has 1 saturated carbocycles. The van der Waals surface area contributed by atoms with E-state index in [4.69, 9.17) is 0 Å². The van der Waals surface area contributed by atoms with Gasteiger partial charge in [-0.25, -0.2) is 8.42 Å². The number of nitriles is 2. The van der Waals surface area contributed by atoms with Crippen molar-refractivity contribution in [3.05, 3.63) is 81.4 Å². The maximum absolute atomic E-state index is 15.0. The molecule has 2 aliphatic rings. The summed E-state index contributed by atoms with van der Waals surface area (Å²) in [5.74, 6) is -1.13. The summed E-state index contributed by atoms with van der Waals surface area (Å²) in [5.41, 5.74) is -1.48. The Kier molecular flexibility index (Phi) is 6.90. The molecule has 0 amide bonds. The normalized spacial score (nSPS) is 23.4. The minimum Gasteiger partial charge on any atom is -0.263 e. The highest BCUT2D eigenvalue weighted by molar-refractivity contribution is 7.93. The maximum atomic E-state index is 15.0. The molecule has 204 valence electrons. The van der Waals surface area contributed by atoms with Crippen LogP contribution in [0.2, 0.25) is 0 Å². The fourth-order valence-corrected chi connectivity index (χ4v) is 8.87. The smallest absolute Gasteiger partial charge is 0.263 e. The molecular formula is C30H34N4O4S. The van der Waals surface area contributed by atoms with Crippen molar-refractivity contribution in [2.24, 2.45) is 11.3 Å². The van der Waals surface area contributed by atoms with Crippen LogP contribution in [0.15, 0.2) is 53.9 Å². The van der Waals surface area contributed by atoms with Crippen LogP contribution in [-0.2, 0) is 15.6 Å². The lowest BCUT2D eigenvalue weighted by molar-refractivity contribution is -0.585. The SMILES string of the molecule is C=C[C@@H]1CC(C#N)(C#N)[C@H]2N(S(=O)(=O)c3c(C(C)C)cc(C(C)C)cc3C(C)C)c3ccccc3[C@@]12[N+](=O)[O-]. The third-order valence-corrected chi connectivity index (χ3v) is 10.3. The van der Waals surface area contributed by atoms with Gasteiger partial charge in [0.15, 0.2) is 11.5 Å². The van der Waals surface area contributed by atoms with E-state index >= 15 is 8.42 Å². The van der Waals surface area contributed by atoms with E-state index in [-0.39, 0.29) is 40.3 Å². The van der Waals surface area contributed by atoms with Crippen molar-refractivity contribution in [1.29, 1.82) is 10.5 Å². The molecule has 0 saturated heterocycles. The van der Waals surface area contributed by atoms with Gasteiger partial charge in [-0.2, -0.15) is 10.5 Å². The van der Waals surface area contributed by atoms with Crippen molar-refractivity contribution < 1.29 is 13.3 Å². The van der Waals surface area contributed by atoms with Crippen LogP contribution in [0.25, 0.3) is 0 Å². The van der Waals surface area contributed by atoms with Gasteiger partial charge in [0.05, 0.1) is 34.2 Å². The van der Waals surface area contributed by atoms with Gasteiger partial charge < -0.3 is 0 Å². The standard InChI is InChI=1S/C30H34N4O4S/c1-8-22-15-29(16-31,17-32)28-30(22,34(35)36)25-11-9-10-12-26(25)33(28)39(37,38)27-23(19(4)5)13-21(18(2)3)14-24(27)20(6)7/h8-14,18-20,22,28H,1,15H2,2-7H3/t22-,28-,30+/m1/s1. The van der Waals surface area contributed by atoms with Gasteiger partial charge in [0.1, 0.15) is 0 Å². The van der Waals surface area contributed by atoms with E-state index < -0.39 is 37.9 Å². The van der Waals surface area contributed by atoms with Crippen LogP contribution in [0.3, 0.4) is 0 Å². The van der Waals surface area contributed by atoms with Crippen molar-refractivity contribution in [3.63, 3.8) is 0 Å². The number of para-hydroxylation sites is 1. The Balaban J connectivity index is 2.18. The van der Waals surface area contributed by atoms with Gasteiger partial charge in [-0.05, 0) is 53.0 Å². The minimum atomic E-state index is -4.50. The van der Waals surface area contributed by atoms with Gasteiger partial charge in [-0.3, -0.25) is 14.4 Å². The molecule has 0 aromatic heterocycles. The third-order valence-electron chi connectivity index (χ3n) is 8.38. The molecule has 9 heteroatoms. The Bertz CT molecular complexity index is 1500. The van der Waals surface area contributed by atoms with Crippen LogP contribution < -0.4 is 4.31 Å².